The summed E-state index contributed by atoms with van der Waals surface area (Å²) in [6.07, 6.45) is 1.35. The Bertz CT molecular complexity index is 1130. The Balaban J connectivity index is 2.12. The van der Waals surface area contributed by atoms with Crippen LogP contribution in [0.2, 0.25) is 0 Å². The first-order valence-electron chi connectivity index (χ1n) is 8.53. The molecule has 0 saturated heterocycles. The molecule has 0 radical (unpaired) electrons. The Morgan fingerprint density at radius 2 is 1.96 bits per heavy atom. The van der Waals surface area contributed by atoms with Crippen molar-refractivity contribution in [3.8, 4) is 5.75 Å². The third-order valence-corrected chi connectivity index (χ3v) is 4.22. The molecule has 6 nitrogen and oxygen atoms in total. The number of aromatic nitrogens is 1. The van der Waals surface area contributed by atoms with E-state index in [1.165, 1.54) is 29.0 Å². The second-order valence-electron chi connectivity index (χ2n) is 6.45. The van der Waals surface area contributed by atoms with Gasteiger partial charge in [0.1, 0.15) is 11.6 Å². The molecule has 1 heterocycles. The number of carbonyl (C=O) groups is 1. The Morgan fingerprint density at radius 1 is 1.21 bits per heavy atom. The molecule has 0 aliphatic heterocycles. The maximum atomic E-state index is 14.2. The van der Waals surface area contributed by atoms with Gasteiger partial charge in [-0.2, -0.15) is 0 Å². The second-order valence-corrected chi connectivity index (χ2v) is 6.45. The van der Waals surface area contributed by atoms with Gasteiger partial charge < -0.3 is 20.4 Å². The smallest absolute Gasteiger partial charge is 0.233 e. The zero-order valence-corrected chi connectivity index (χ0v) is 15.4. The highest BCUT2D eigenvalue weighted by atomic mass is 19.1. The highest BCUT2D eigenvalue weighted by Gasteiger charge is 2.16. The number of carbonyl (C=O) groups excluding carboxylic acids is 1. The monoisotopic (exact) mass is 387 g/mol. The van der Waals surface area contributed by atoms with Crippen molar-refractivity contribution in [2.24, 2.45) is 12.8 Å². The zero-order valence-electron chi connectivity index (χ0n) is 15.4. The molecule has 0 saturated carbocycles. The fourth-order valence-corrected chi connectivity index (χ4v) is 2.87. The largest absolute Gasteiger partial charge is 0.487 e. The summed E-state index contributed by atoms with van der Waals surface area (Å²) in [4.78, 5) is 23.8. The van der Waals surface area contributed by atoms with E-state index in [2.05, 4.69) is 5.32 Å². The summed E-state index contributed by atoms with van der Waals surface area (Å²) < 4.78 is 35.3. The molecule has 8 heteroatoms. The molecule has 2 aromatic carbocycles. The molecule has 146 valence electrons. The minimum atomic E-state index is -0.583. The van der Waals surface area contributed by atoms with Crippen LogP contribution in [0.25, 0.3) is 10.9 Å². The highest BCUT2D eigenvalue weighted by molar-refractivity contribution is 5.94. The number of anilines is 2. The molecule has 0 aliphatic rings. The number of nitrogens with zero attached hydrogens (tertiary/aromatic N) is 1. The summed E-state index contributed by atoms with van der Waals surface area (Å²) in [5, 5.41) is 2.93. The molecule has 1 amide bonds. The number of pyridine rings is 1. The van der Waals surface area contributed by atoms with Gasteiger partial charge in [-0.3, -0.25) is 9.59 Å². The third kappa shape index (κ3) is 3.95. The van der Waals surface area contributed by atoms with E-state index in [4.69, 9.17) is 10.5 Å². The summed E-state index contributed by atoms with van der Waals surface area (Å²) in [6, 6.07) is 6.87. The van der Waals surface area contributed by atoms with Gasteiger partial charge in [-0.1, -0.05) is 6.07 Å². The topological polar surface area (TPSA) is 86.3 Å². The molecule has 3 N–H and O–H groups in total. The van der Waals surface area contributed by atoms with Gasteiger partial charge in [0.2, 0.25) is 11.3 Å². The van der Waals surface area contributed by atoms with Crippen LogP contribution in [0.5, 0.6) is 5.75 Å². The Morgan fingerprint density at radius 3 is 2.64 bits per heavy atom. The van der Waals surface area contributed by atoms with Crippen LogP contribution in [0.1, 0.15) is 12.0 Å². The first kappa shape index (κ1) is 19.3. The predicted octanol–water partition coefficient (Wildman–Crippen LogP) is 3.12. The quantitative estimate of drug-likeness (QED) is 0.680. The van der Waals surface area contributed by atoms with Gasteiger partial charge in [0.25, 0.3) is 0 Å². The van der Waals surface area contributed by atoms with Crippen LogP contribution in [0.3, 0.4) is 0 Å². The van der Waals surface area contributed by atoms with Crippen molar-refractivity contribution in [3.63, 3.8) is 0 Å². The Labute approximate surface area is 159 Å². The van der Waals surface area contributed by atoms with E-state index in [-0.39, 0.29) is 35.5 Å². The molecule has 0 atom stereocenters. The number of fused-ring (bicyclic) bond motifs is 1. The van der Waals surface area contributed by atoms with Crippen molar-refractivity contribution in [1.29, 1.82) is 0 Å². The van der Waals surface area contributed by atoms with E-state index >= 15 is 0 Å². The van der Waals surface area contributed by atoms with Crippen LogP contribution < -0.4 is 21.2 Å². The number of halogens is 2. The van der Waals surface area contributed by atoms with E-state index in [1.807, 2.05) is 0 Å². The number of amides is 1. The normalized spacial score (nSPS) is 10.9. The van der Waals surface area contributed by atoms with Crippen molar-refractivity contribution >= 4 is 28.2 Å². The van der Waals surface area contributed by atoms with E-state index in [0.29, 0.717) is 5.52 Å². The van der Waals surface area contributed by atoms with Gasteiger partial charge in [-0.05, 0) is 36.8 Å². The lowest BCUT2D eigenvalue weighted by atomic mass is 10.1. The lowest BCUT2D eigenvalue weighted by Gasteiger charge is -2.15. The van der Waals surface area contributed by atoms with Gasteiger partial charge in [-0.25, -0.2) is 8.78 Å². The number of nitrogens with two attached hydrogens (primary N) is 1. The van der Waals surface area contributed by atoms with Gasteiger partial charge in [-0.15, -0.1) is 0 Å². The summed E-state index contributed by atoms with van der Waals surface area (Å²) in [7, 11) is 1.62. The summed E-state index contributed by atoms with van der Waals surface area (Å²) in [5.74, 6) is -1.69. The number of rotatable bonds is 6. The minimum absolute atomic E-state index is 0.0183. The SMILES string of the molecule is Cc1ccc(Nc2cc(F)cc3c2c(=O)c(OCCC(N)=O)cn3C)c(F)c1. The molecule has 0 unspecified atom stereocenters. The first-order valence-corrected chi connectivity index (χ1v) is 8.53. The summed E-state index contributed by atoms with van der Waals surface area (Å²) in [6.45, 7) is 1.68. The van der Waals surface area contributed by atoms with Crippen molar-refractivity contribution in [3.05, 3.63) is 63.9 Å². The molecule has 1 aromatic heterocycles. The fraction of sp³-hybridized carbons (Fsp3) is 0.200. The number of benzene rings is 2. The lowest BCUT2D eigenvalue weighted by Crippen LogP contribution is -2.18. The maximum absolute atomic E-state index is 14.2. The summed E-state index contributed by atoms with van der Waals surface area (Å²) >= 11 is 0. The number of aryl methyl sites for hydroxylation is 2. The molecular weight excluding hydrogens is 368 g/mol. The standard InChI is InChI=1S/C20H19F2N3O3/c1-11-3-4-14(13(22)7-11)24-15-8-12(21)9-16-19(15)20(27)17(10-25(16)2)28-6-5-18(23)26/h3-4,7-10,24H,5-6H2,1-2H3,(H2,23,26). The van der Waals surface area contributed by atoms with E-state index < -0.39 is 23.0 Å². The molecule has 0 aliphatic carbocycles. The molecule has 3 aromatic rings. The highest BCUT2D eigenvalue weighted by Crippen LogP contribution is 2.28. The molecular formula is C20H19F2N3O3. The number of ether oxygens (including phenoxy) is 1. The number of hydrogen-bond donors (Lipinski definition) is 2. The molecule has 28 heavy (non-hydrogen) atoms. The zero-order chi connectivity index (χ0) is 20.4. The van der Waals surface area contributed by atoms with Gasteiger partial charge in [0.15, 0.2) is 5.75 Å². The van der Waals surface area contributed by atoms with Crippen LogP contribution in [-0.4, -0.2) is 17.1 Å². The van der Waals surface area contributed by atoms with Gasteiger partial charge in [0.05, 0.1) is 41.5 Å². The molecule has 0 spiro atoms. The van der Waals surface area contributed by atoms with Crippen molar-refractivity contribution in [2.75, 3.05) is 11.9 Å². The Kier molecular flexibility index (Phi) is 5.30. The lowest BCUT2D eigenvalue weighted by molar-refractivity contribution is -0.118. The molecule has 0 bridgehead atoms. The maximum Gasteiger partial charge on any atom is 0.233 e. The van der Waals surface area contributed by atoms with Crippen molar-refractivity contribution in [2.45, 2.75) is 13.3 Å². The van der Waals surface area contributed by atoms with Crippen molar-refractivity contribution in [1.82, 2.24) is 4.57 Å². The van der Waals surface area contributed by atoms with Gasteiger partial charge >= 0.3 is 0 Å². The number of primary amides is 1. The predicted molar refractivity (Wildman–Crippen MR) is 103 cm³/mol. The van der Waals surface area contributed by atoms with Crippen LogP contribution >= 0.6 is 0 Å². The van der Waals surface area contributed by atoms with Crippen LogP contribution in [0, 0.1) is 18.6 Å². The van der Waals surface area contributed by atoms with Crippen LogP contribution in [-0.2, 0) is 11.8 Å². The van der Waals surface area contributed by atoms with E-state index in [0.717, 1.165) is 11.6 Å². The minimum Gasteiger partial charge on any atom is -0.487 e. The number of nitrogens with one attached hydrogen (secondary N) is 1. The molecule has 3 rings (SSSR count). The van der Waals surface area contributed by atoms with E-state index in [1.54, 1.807) is 20.0 Å². The van der Waals surface area contributed by atoms with E-state index in [9.17, 15) is 18.4 Å². The number of hydrogen-bond acceptors (Lipinski definition) is 4. The van der Waals surface area contributed by atoms with Gasteiger partial charge in [0, 0.05) is 7.05 Å². The molecule has 0 fully saturated rings. The Hall–Kier alpha value is -3.42. The van der Waals surface area contributed by atoms with Crippen LogP contribution in [0.4, 0.5) is 20.2 Å². The van der Waals surface area contributed by atoms with Crippen LogP contribution in [0.15, 0.2) is 41.3 Å². The third-order valence-electron chi connectivity index (χ3n) is 4.22. The average Bonchev–Trinajstić information content (AvgIpc) is 2.61. The van der Waals surface area contributed by atoms with Crippen molar-refractivity contribution < 1.29 is 18.3 Å². The fourth-order valence-electron chi connectivity index (χ4n) is 2.87. The average molecular weight is 387 g/mol. The summed E-state index contributed by atoms with van der Waals surface area (Å²) in [5.41, 5.74) is 5.83. The second kappa shape index (κ2) is 7.67. The first-order chi connectivity index (χ1) is 13.3.